The third-order valence-corrected chi connectivity index (χ3v) is 5.75. The number of carbonyl (C=O) groups is 2. The molecule has 7 nitrogen and oxygen atoms in total. The molecule has 0 fully saturated rings. The average Bonchev–Trinajstić information content (AvgIpc) is 3.14. The second-order valence-corrected chi connectivity index (χ2v) is 7.73. The minimum atomic E-state index is -0.607. The molecule has 29 heavy (non-hydrogen) atoms. The standard InChI is InChI=1S/C20H16N4O3S2/c1-13-18(29-19(23-13)15-7-4-5-10-22-15)20(26)27-12-17(25)24-14-6-2-3-8-16(14)28-11-9-21/h2-8,10H,11-12H2,1H3,(H,24,25). The van der Waals surface area contributed by atoms with E-state index < -0.39 is 18.5 Å². The van der Waals surface area contributed by atoms with E-state index in [-0.39, 0.29) is 5.75 Å². The highest BCUT2D eigenvalue weighted by molar-refractivity contribution is 7.99. The number of ether oxygens (including phenoxy) is 1. The van der Waals surface area contributed by atoms with Crippen LogP contribution in [0.5, 0.6) is 0 Å². The summed E-state index contributed by atoms with van der Waals surface area (Å²) in [5.74, 6) is -0.801. The largest absolute Gasteiger partial charge is 0.451 e. The SMILES string of the molecule is Cc1nc(-c2ccccn2)sc1C(=O)OCC(=O)Nc1ccccc1SCC#N. The summed E-state index contributed by atoms with van der Waals surface area (Å²) in [5, 5.41) is 12.0. The lowest BCUT2D eigenvalue weighted by molar-refractivity contribution is -0.119. The van der Waals surface area contributed by atoms with Crippen molar-refractivity contribution in [1.29, 1.82) is 5.26 Å². The van der Waals surface area contributed by atoms with Crippen LogP contribution in [-0.2, 0) is 9.53 Å². The van der Waals surface area contributed by atoms with E-state index in [1.165, 1.54) is 23.1 Å². The zero-order valence-corrected chi connectivity index (χ0v) is 17.0. The Kier molecular flexibility index (Phi) is 6.94. The molecular weight excluding hydrogens is 408 g/mol. The number of amides is 1. The van der Waals surface area contributed by atoms with Crippen molar-refractivity contribution in [2.24, 2.45) is 0 Å². The van der Waals surface area contributed by atoms with Crippen LogP contribution in [0.4, 0.5) is 5.69 Å². The molecule has 0 radical (unpaired) electrons. The van der Waals surface area contributed by atoms with Gasteiger partial charge in [0.1, 0.15) is 9.88 Å². The van der Waals surface area contributed by atoms with Crippen molar-refractivity contribution >= 4 is 40.7 Å². The fraction of sp³-hybridized carbons (Fsp3) is 0.150. The van der Waals surface area contributed by atoms with Gasteiger partial charge >= 0.3 is 5.97 Å². The second kappa shape index (κ2) is 9.82. The number of nitrogens with one attached hydrogen (secondary N) is 1. The van der Waals surface area contributed by atoms with E-state index in [9.17, 15) is 9.59 Å². The monoisotopic (exact) mass is 424 g/mol. The number of para-hydroxylation sites is 1. The molecule has 0 aliphatic rings. The molecule has 1 amide bonds. The lowest BCUT2D eigenvalue weighted by Crippen LogP contribution is -2.21. The molecule has 0 saturated heterocycles. The van der Waals surface area contributed by atoms with E-state index in [0.29, 0.717) is 27.0 Å². The van der Waals surface area contributed by atoms with Gasteiger partial charge in [0, 0.05) is 11.1 Å². The number of esters is 1. The molecule has 0 aliphatic carbocycles. The Labute approximate surface area is 175 Å². The number of anilines is 1. The Bertz CT molecular complexity index is 1060. The van der Waals surface area contributed by atoms with E-state index in [1.807, 2.05) is 30.3 Å². The van der Waals surface area contributed by atoms with Crippen LogP contribution in [0.2, 0.25) is 0 Å². The van der Waals surface area contributed by atoms with E-state index in [2.05, 4.69) is 15.3 Å². The number of pyridine rings is 1. The fourth-order valence-electron chi connectivity index (χ4n) is 2.37. The smallest absolute Gasteiger partial charge is 0.350 e. The Balaban J connectivity index is 1.61. The van der Waals surface area contributed by atoms with Crippen molar-refractivity contribution < 1.29 is 14.3 Å². The first kappa shape index (κ1) is 20.5. The Morgan fingerprint density at radius 3 is 2.79 bits per heavy atom. The number of rotatable bonds is 7. The van der Waals surface area contributed by atoms with Crippen molar-refractivity contribution in [3.63, 3.8) is 0 Å². The molecule has 0 unspecified atom stereocenters. The summed E-state index contributed by atoms with van der Waals surface area (Å²) in [5.41, 5.74) is 1.77. The van der Waals surface area contributed by atoms with Gasteiger partial charge in [-0.2, -0.15) is 5.26 Å². The minimum Gasteiger partial charge on any atom is -0.451 e. The lowest BCUT2D eigenvalue weighted by atomic mass is 10.3. The van der Waals surface area contributed by atoms with Gasteiger partial charge in [-0.25, -0.2) is 9.78 Å². The Morgan fingerprint density at radius 2 is 2.03 bits per heavy atom. The quantitative estimate of drug-likeness (QED) is 0.453. The van der Waals surface area contributed by atoms with Gasteiger partial charge < -0.3 is 10.1 Å². The first-order chi connectivity index (χ1) is 14.1. The molecular formula is C20H16N4O3S2. The maximum atomic E-state index is 12.4. The summed E-state index contributed by atoms with van der Waals surface area (Å²) in [6, 6.07) is 14.6. The van der Waals surface area contributed by atoms with Crippen LogP contribution < -0.4 is 5.32 Å². The van der Waals surface area contributed by atoms with Crippen LogP contribution in [-0.4, -0.2) is 34.2 Å². The van der Waals surface area contributed by atoms with Gasteiger partial charge in [0.05, 0.1) is 28.9 Å². The predicted molar refractivity (Wildman–Crippen MR) is 112 cm³/mol. The highest BCUT2D eigenvalue weighted by Crippen LogP contribution is 2.28. The number of aromatic nitrogens is 2. The number of nitrogens with zero attached hydrogens (tertiary/aromatic N) is 3. The molecule has 2 heterocycles. The number of thiazole rings is 1. The number of benzene rings is 1. The summed E-state index contributed by atoms with van der Waals surface area (Å²) < 4.78 is 5.15. The third-order valence-electron chi connectivity index (χ3n) is 3.65. The first-order valence-electron chi connectivity index (χ1n) is 8.53. The number of hydrogen-bond acceptors (Lipinski definition) is 8. The van der Waals surface area contributed by atoms with Crippen molar-refractivity contribution in [3.05, 3.63) is 59.2 Å². The molecule has 0 spiro atoms. The summed E-state index contributed by atoms with van der Waals surface area (Å²) in [4.78, 5) is 34.3. The summed E-state index contributed by atoms with van der Waals surface area (Å²) in [6.07, 6.45) is 1.65. The number of aryl methyl sites for hydroxylation is 1. The molecule has 2 aromatic heterocycles. The van der Waals surface area contributed by atoms with Gasteiger partial charge in [-0.1, -0.05) is 18.2 Å². The van der Waals surface area contributed by atoms with Crippen LogP contribution in [0.1, 0.15) is 15.4 Å². The van der Waals surface area contributed by atoms with Gasteiger partial charge in [0.25, 0.3) is 5.91 Å². The van der Waals surface area contributed by atoms with Crippen LogP contribution in [0.15, 0.2) is 53.6 Å². The van der Waals surface area contributed by atoms with E-state index in [0.717, 1.165) is 4.90 Å². The van der Waals surface area contributed by atoms with Crippen LogP contribution in [0.3, 0.4) is 0 Å². The molecule has 0 bridgehead atoms. The van der Waals surface area contributed by atoms with Gasteiger partial charge in [-0.05, 0) is 31.2 Å². The molecule has 1 aromatic carbocycles. The summed E-state index contributed by atoms with van der Waals surface area (Å²) in [6.45, 7) is 1.29. The molecule has 0 aliphatic heterocycles. The lowest BCUT2D eigenvalue weighted by Gasteiger charge is -2.09. The van der Waals surface area contributed by atoms with Gasteiger partial charge in [-0.3, -0.25) is 9.78 Å². The molecule has 9 heteroatoms. The molecule has 1 N–H and O–H groups in total. The number of hydrogen-bond donors (Lipinski definition) is 1. The molecule has 3 rings (SSSR count). The topological polar surface area (TPSA) is 105 Å². The van der Waals surface area contributed by atoms with E-state index in [4.69, 9.17) is 10.00 Å². The normalized spacial score (nSPS) is 10.2. The maximum absolute atomic E-state index is 12.4. The maximum Gasteiger partial charge on any atom is 0.350 e. The van der Waals surface area contributed by atoms with Crippen molar-refractivity contribution in [3.8, 4) is 16.8 Å². The molecule has 3 aromatic rings. The van der Waals surface area contributed by atoms with Crippen molar-refractivity contribution in [2.45, 2.75) is 11.8 Å². The number of thioether (sulfide) groups is 1. The number of nitriles is 1. The third kappa shape index (κ3) is 5.40. The van der Waals surface area contributed by atoms with Crippen molar-refractivity contribution in [1.82, 2.24) is 9.97 Å². The van der Waals surface area contributed by atoms with Gasteiger partial charge in [0.2, 0.25) is 0 Å². The van der Waals surface area contributed by atoms with Crippen LogP contribution >= 0.6 is 23.1 Å². The van der Waals surface area contributed by atoms with Crippen LogP contribution in [0, 0.1) is 18.3 Å². The van der Waals surface area contributed by atoms with E-state index in [1.54, 1.807) is 31.3 Å². The zero-order valence-electron chi connectivity index (χ0n) is 15.4. The minimum absolute atomic E-state index is 0.269. The molecule has 0 saturated carbocycles. The average molecular weight is 425 g/mol. The zero-order chi connectivity index (χ0) is 20.6. The van der Waals surface area contributed by atoms with E-state index >= 15 is 0 Å². The first-order valence-corrected chi connectivity index (χ1v) is 10.3. The summed E-state index contributed by atoms with van der Waals surface area (Å²) >= 11 is 2.49. The highest BCUT2D eigenvalue weighted by atomic mass is 32.2. The van der Waals surface area contributed by atoms with Crippen molar-refractivity contribution in [2.75, 3.05) is 17.7 Å². The van der Waals surface area contributed by atoms with Gasteiger partial charge in [-0.15, -0.1) is 23.1 Å². The summed E-state index contributed by atoms with van der Waals surface area (Å²) in [7, 11) is 0. The molecule has 0 atom stereocenters. The second-order valence-electron chi connectivity index (χ2n) is 5.72. The highest BCUT2D eigenvalue weighted by Gasteiger charge is 2.19. The molecule has 146 valence electrons. The Morgan fingerprint density at radius 1 is 1.24 bits per heavy atom. The van der Waals surface area contributed by atoms with Crippen LogP contribution in [0.25, 0.3) is 10.7 Å². The fourth-order valence-corrected chi connectivity index (χ4v) is 3.98. The number of carbonyl (C=O) groups excluding carboxylic acids is 2. The Hall–Kier alpha value is -3.22. The predicted octanol–water partition coefficient (Wildman–Crippen LogP) is 3.92. The van der Waals surface area contributed by atoms with Gasteiger partial charge in [0.15, 0.2) is 6.61 Å².